The average Bonchev–Trinajstić information content (AvgIpc) is 2.38. The van der Waals surface area contributed by atoms with Crippen LogP contribution in [0.4, 0.5) is 4.79 Å². The van der Waals surface area contributed by atoms with Gasteiger partial charge in [-0.1, -0.05) is 11.8 Å². The number of carbonyl (C=O) groups excluding carboxylic acids is 3. The molecule has 0 saturated carbocycles. The number of carbonyl (C=O) groups is 4. The Balaban J connectivity index is 4.21. The molecule has 0 spiro atoms. The number of ketones is 2. The standard InChI is InChI=1S/C11H18N2O5S2/c1-6(14)2-3-9(15)8(4-19)13-11(18)20-5-7(12)10(16)17/h7-8,19H,2-5,12H2,1H3,(H,13,18)(H,16,17)/t7-,8-/m0/s1. The van der Waals surface area contributed by atoms with E-state index >= 15 is 0 Å². The number of nitrogens with one attached hydrogen (secondary N) is 1. The lowest BCUT2D eigenvalue weighted by Gasteiger charge is -2.15. The number of Topliss-reactive ketones (excluding diaryl/α,β-unsaturated/α-hetero) is 2. The Labute approximate surface area is 126 Å². The van der Waals surface area contributed by atoms with Crippen LogP contribution in [0.15, 0.2) is 0 Å². The molecule has 0 bridgehead atoms. The lowest BCUT2D eigenvalue weighted by molar-refractivity contribution is -0.137. The summed E-state index contributed by atoms with van der Waals surface area (Å²) in [5.41, 5.74) is 5.25. The Morgan fingerprint density at radius 2 is 1.90 bits per heavy atom. The Hall–Kier alpha value is -1.06. The summed E-state index contributed by atoms with van der Waals surface area (Å²) in [6.07, 6.45) is 0.163. The van der Waals surface area contributed by atoms with Crippen molar-refractivity contribution in [3.05, 3.63) is 0 Å². The molecule has 0 rings (SSSR count). The van der Waals surface area contributed by atoms with Crippen LogP contribution in [0, 0.1) is 0 Å². The summed E-state index contributed by atoms with van der Waals surface area (Å²) in [5.74, 6) is -1.58. The maximum absolute atomic E-state index is 11.7. The fourth-order valence-corrected chi connectivity index (χ4v) is 2.12. The van der Waals surface area contributed by atoms with E-state index in [0.717, 1.165) is 0 Å². The lowest BCUT2D eigenvalue weighted by Crippen LogP contribution is -2.41. The number of carboxylic acids is 1. The van der Waals surface area contributed by atoms with Gasteiger partial charge in [0.05, 0.1) is 6.04 Å². The zero-order valence-corrected chi connectivity index (χ0v) is 12.7. The van der Waals surface area contributed by atoms with Crippen LogP contribution in [0.3, 0.4) is 0 Å². The summed E-state index contributed by atoms with van der Waals surface area (Å²) >= 11 is 4.66. The minimum absolute atomic E-state index is 0.0418. The van der Waals surface area contributed by atoms with Gasteiger partial charge >= 0.3 is 5.97 Å². The highest BCUT2D eigenvalue weighted by molar-refractivity contribution is 8.13. The number of hydrogen-bond donors (Lipinski definition) is 4. The summed E-state index contributed by atoms with van der Waals surface area (Å²) in [4.78, 5) is 44.5. The number of thiol groups is 1. The number of thioether (sulfide) groups is 1. The second-order valence-electron chi connectivity index (χ2n) is 4.09. The van der Waals surface area contributed by atoms with Crippen molar-refractivity contribution in [2.45, 2.75) is 31.8 Å². The van der Waals surface area contributed by atoms with Crippen LogP contribution in [0.2, 0.25) is 0 Å². The van der Waals surface area contributed by atoms with E-state index in [9.17, 15) is 19.2 Å². The molecule has 7 nitrogen and oxygen atoms in total. The zero-order valence-electron chi connectivity index (χ0n) is 11.0. The second-order valence-corrected chi connectivity index (χ2v) is 5.45. The van der Waals surface area contributed by atoms with Gasteiger partial charge in [0.25, 0.3) is 5.24 Å². The second kappa shape index (κ2) is 9.78. The first-order chi connectivity index (χ1) is 9.27. The number of carboxylic acid groups (broad SMARTS) is 1. The highest BCUT2D eigenvalue weighted by Gasteiger charge is 2.21. The molecule has 1 amide bonds. The largest absolute Gasteiger partial charge is 0.480 e. The minimum Gasteiger partial charge on any atom is -0.480 e. The Morgan fingerprint density at radius 3 is 2.35 bits per heavy atom. The SMILES string of the molecule is CC(=O)CCC(=O)[C@H](CS)NC(=O)SC[C@H](N)C(=O)O. The average molecular weight is 322 g/mol. The first-order valence-corrected chi connectivity index (χ1v) is 7.44. The summed E-state index contributed by atoms with van der Waals surface area (Å²) in [6.45, 7) is 1.38. The monoisotopic (exact) mass is 322 g/mol. The maximum atomic E-state index is 11.7. The maximum Gasteiger partial charge on any atom is 0.321 e. The smallest absolute Gasteiger partial charge is 0.321 e. The molecule has 0 unspecified atom stereocenters. The van der Waals surface area contributed by atoms with E-state index in [1.807, 2.05) is 0 Å². The van der Waals surface area contributed by atoms with Gasteiger partial charge in [-0.3, -0.25) is 14.4 Å². The molecular formula is C11H18N2O5S2. The molecule has 9 heteroatoms. The van der Waals surface area contributed by atoms with Crippen molar-refractivity contribution in [3.63, 3.8) is 0 Å². The van der Waals surface area contributed by atoms with E-state index in [2.05, 4.69) is 17.9 Å². The number of nitrogens with two attached hydrogens (primary N) is 1. The Bertz CT molecular complexity index is 389. The van der Waals surface area contributed by atoms with Crippen molar-refractivity contribution in [1.29, 1.82) is 0 Å². The van der Waals surface area contributed by atoms with E-state index in [1.165, 1.54) is 6.92 Å². The third-order valence-corrected chi connectivity index (χ3v) is 3.57. The summed E-state index contributed by atoms with van der Waals surface area (Å²) < 4.78 is 0. The Morgan fingerprint density at radius 1 is 1.30 bits per heavy atom. The molecule has 0 aromatic rings. The van der Waals surface area contributed by atoms with Crippen molar-refractivity contribution in [2.75, 3.05) is 11.5 Å². The number of aliphatic carboxylic acids is 1. The van der Waals surface area contributed by atoms with Crippen LogP contribution in [-0.2, 0) is 14.4 Å². The Kier molecular flexibility index (Phi) is 9.26. The molecule has 0 radical (unpaired) electrons. The third-order valence-electron chi connectivity index (χ3n) is 2.30. The molecule has 0 fully saturated rings. The highest BCUT2D eigenvalue weighted by Crippen LogP contribution is 2.07. The van der Waals surface area contributed by atoms with Gasteiger partial charge < -0.3 is 21.0 Å². The van der Waals surface area contributed by atoms with Crippen molar-refractivity contribution in [1.82, 2.24) is 5.32 Å². The van der Waals surface area contributed by atoms with E-state index in [4.69, 9.17) is 10.8 Å². The lowest BCUT2D eigenvalue weighted by atomic mass is 10.1. The van der Waals surface area contributed by atoms with Crippen LogP contribution in [-0.4, -0.2) is 51.5 Å². The van der Waals surface area contributed by atoms with E-state index in [1.54, 1.807) is 0 Å². The molecule has 114 valence electrons. The molecule has 0 heterocycles. The van der Waals surface area contributed by atoms with Gasteiger partial charge in [0.2, 0.25) is 0 Å². The van der Waals surface area contributed by atoms with Crippen LogP contribution < -0.4 is 11.1 Å². The van der Waals surface area contributed by atoms with Gasteiger partial charge in [0.1, 0.15) is 11.8 Å². The molecule has 0 aromatic carbocycles. The third kappa shape index (κ3) is 8.18. The molecule has 4 N–H and O–H groups in total. The van der Waals surface area contributed by atoms with Gasteiger partial charge in [-0.25, -0.2) is 0 Å². The fraction of sp³-hybridized carbons (Fsp3) is 0.636. The summed E-state index contributed by atoms with van der Waals surface area (Å²) in [6, 6.07) is -1.94. The molecule has 2 atom stereocenters. The van der Waals surface area contributed by atoms with Crippen molar-refractivity contribution in [3.8, 4) is 0 Å². The molecule has 0 aromatic heterocycles. The van der Waals surface area contributed by atoms with Crippen molar-refractivity contribution in [2.24, 2.45) is 5.73 Å². The van der Waals surface area contributed by atoms with Crippen molar-refractivity contribution >= 4 is 47.2 Å². The van der Waals surface area contributed by atoms with Gasteiger partial charge in [0, 0.05) is 24.3 Å². The zero-order chi connectivity index (χ0) is 15.7. The van der Waals surface area contributed by atoms with Gasteiger partial charge in [-0.05, 0) is 6.92 Å². The summed E-state index contributed by atoms with van der Waals surface area (Å²) in [5, 5.41) is 10.4. The minimum atomic E-state index is -1.20. The predicted octanol–water partition coefficient (Wildman–Crippen LogP) is 0.0778. The number of rotatable bonds is 9. The number of amides is 1. The van der Waals surface area contributed by atoms with Gasteiger partial charge in [-0.15, -0.1) is 0 Å². The van der Waals surface area contributed by atoms with Crippen LogP contribution >= 0.6 is 24.4 Å². The van der Waals surface area contributed by atoms with Crippen LogP contribution in [0.5, 0.6) is 0 Å². The summed E-state index contributed by atoms with van der Waals surface area (Å²) in [7, 11) is 0. The molecule has 20 heavy (non-hydrogen) atoms. The topological polar surface area (TPSA) is 127 Å². The molecule has 0 aliphatic rings. The molecule has 0 aliphatic carbocycles. The quantitative estimate of drug-likeness (QED) is 0.443. The van der Waals surface area contributed by atoms with E-state index in [-0.39, 0.29) is 35.9 Å². The number of hydrogen-bond acceptors (Lipinski definition) is 7. The first kappa shape index (κ1) is 18.9. The molecular weight excluding hydrogens is 304 g/mol. The van der Waals surface area contributed by atoms with Crippen LogP contribution in [0.25, 0.3) is 0 Å². The van der Waals surface area contributed by atoms with E-state index < -0.39 is 23.3 Å². The van der Waals surface area contributed by atoms with E-state index in [0.29, 0.717) is 11.8 Å². The van der Waals surface area contributed by atoms with Crippen LogP contribution in [0.1, 0.15) is 19.8 Å². The highest BCUT2D eigenvalue weighted by atomic mass is 32.2. The normalized spacial score (nSPS) is 13.3. The van der Waals surface area contributed by atoms with Gasteiger partial charge in [0.15, 0.2) is 5.78 Å². The fourth-order valence-electron chi connectivity index (χ4n) is 1.12. The predicted molar refractivity (Wildman–Crippen MR) is 79.2 cm³/mol. The first-order valence-electron chi connectivity index (χ1n) is 5.82. The molecule has 0 aliphatic heterocycles. The van der Waals surface area contributed by atoms with Gasteiger partial charge in [-0.2, -0.15) is 12.6 Å². The molecule has 0 saturated heterocycles. The van der Waals surface area contributed by atoms with Crippen molar-refractivity contribution < 1.29 is 24.3 Å².